The van der Waals surface area contributed by atoms with Gasteiger partial charge in [0.1, 0.15) is 17.4 Å². The fraction of sp³-hybridized carbons (Fsp3) is 0.154. The normalized spacial score (nSPS) is 10.8. The SMILES string of the molecule is COc1ccc(-c2cc(C(=O)NCCc3ccccn3)c(C)n2-c2ccc(F)cc2F)cc1. The molecule has 1 N–H and O–H groups in total. The molecule has 2 aromatic carbocycles. The fourth-order valence-electron chi connectivity index (χ4n) is 3.73. The van der Waals surface area contributed by atoms with Crippen molar-refractivity contribution in [3.8, 4) is 22.7 Å². The van der Waals surface area contributed by atoms with Gasteiger partial charge in [0.15, 0.2) is 0 Å². The number of hydrogen-bond acceptors (Lipinski definition) is 3. The number of pyridine rings is 1. The maximum atomic E-state index is 14.7. The molecule has 0 aliphatic rings. The van der Waals surface area contributed by atoms with Gasteiger partial charge in [0, 0.05) is 36.6 Å². The molecule has 0 radical (unpaired) electrons. The number of methoxy groups -OCH3 is 1. The molecule has 0 aliphatic carbocycles. The minimum Gasteiger partial charge on any atom is -0.497 e. The van der Waals surface area contributed by atoms with Crippen LogP contribution >= 0.6 is 0 Å². The lowest BCUT2D eigenvalue weighted by Crippen LogP contribution is -2.26. The second-order valence-electron chi connectivity index (χ2n) is 7.52. The fourth-order valence-corrected chi connectivity index (χ4v) is 3.73. The lowest BCUT2D eigenvalue weighted by Gasteiger charge is -2.14. The average Bonchev–Trinajstić information content (AvgIpc) is 3.17. The molecule has 7 heteroatoms. The van der Waals surface area contributed by atoms with E-state index in [9.17, 15) is 13.6 Å². The highest BCUT2D eigenvalue weighted by molar-refractivity contribution is 5.97. The summed E-state index contributed by atoms with van der Waals surface area (Å²) >= 11 is 0. The molecule has 33 heavy (non-hydrogen) atoms. The van der Waals surface area contributed by atoms with Crippen LogP contribution in [0.1, 0.15) is 21.7 Å². The van der Waals surface area contributed by atoms with Crippen molar-refractivity contribution in [3.05, 3.63) is 102 Å². The second-order valence-corrected chi connectivity index (χ2v) is 7.52. The lowest BCUT2D eigenvalue weighted by atomic mass is 10.1. The third kappa shape index (κ3) is 4.77. The smallest absolute Gasteiger partial charge is 0.253 e. The Morgan fingerprint density at radius 1 is 1.06 bits per heavy atom. The Bertz CT molecular complexity index is 1270. The molecule has 1 amide bonds. The highest BCUT2D eigenvalue weighted by atomic mass is 19.1. The van der Waals surface area contributed by atoms with E-state index in [2.05, 4.69) is 10.3 Å². The van der Waals surface area contributed by atoms with Crippen LogP contribution in [0.3, 0.4) is 0 Å². The van der Waals surface area contributed by atoms with Gasteiger partial charge in [-0.3, -0.25) is 9.78 Å². The van der Waals surface area contributed by atoms with Crippen LogP contribution in [-0.4, -0.2) is 29.1 Å². The molecule has 0 atom stereocenters. The summed E-state index contributed by atoms with van der Waals surface area (Å²) in [5.74, 6) is -0.987. The number of halogens is 2. The Balaban J connectivity index is 1.70. The summed E-state index contributed by atoms with van der Waals surface area (Å²) < 4.78 is 35.1. The number of aromatic nitrogens is 2. The Labute approximate surface area is 190 Å². The summed E-state index contributed by atoms with van der Waals surface area (Å²) in [5, 5.41) is 2.91. The largest absolute Gasteiger partial charge is 0.497 e. The highest BCUT2D eigenvalue weighted by Crippen LogP contribution is 2.32. The molecule has 0 bridgehead atoms. The minimum absolute atomic E-state index is 0.159. The van der Waals surface area contributed by atoms with Gasteiger partial charge in [-0.2, -0.15) is 0 Å². The lowest BCUT2D eigenvalue weighted by molar-refractivity contribution is 0.0953. The number of hydrogen-bond donors (Lipinski definition) is 1. The third-order valence-electron chi connectivity index (χ3n) is 5.42. The standard InChI is InChI=1S/C26H23F2N3O2/c1-17-22(26(32)30-14-12-20-5-3-4-13-29-20)16-25(18-6-9-21(33-2)10-7-18)31(17)24-11-8-19(27)15-23(24)28/h3-11,13,15-16H,12,14H2,1-2H3,(H,30,32). The van der Waals surface area contributed by atoms with Crippen LogP contribution in [0.4, 0.5) is 8.78 Å². The van der Waals surface area contributed by atoms with Crippen LogP contribution in [0, 0.1) is 18.6 Å². The van der Waals surface area contributed by atoms with E-state index in [1.807, 2.05) is 30.3 Å². The van der Waals surface area contributed by atoms with Crippen LogP contribution in [-0.2, 0) is 6.42 Å². The number of carbonyl (C=O) groups is 1. The summed E-state index contributed by atoms with van der Waals surface area (Å²) in [6.07, 6.45) is 2.30. The molecule has 0 saturated heterocycles. The maximum absolute atomic E-state index is 14.7. The topological polar surface area (TPSA) is 56.1 Å². The predicted molar refractivity (Wildman–Crippen MR) is 123 cm³/mol. The first-order valence-corrected chi connectivity index (χ1v) is 10.5. The van der Waals surface area contributed by atoms with Crippen molar-refractivity contribution in [2.45, 2.75) is 13.3 Å². The van der Waals surface area contributed by atoms with E-state index in [0.717, 1.165) is 17.3 Å². The summed E-state index contributed by atoms with van der Waals surface area (Å²) in [7, 11) is 1.57. The van der Waals surface area contributed by atoms with Gasteiger partial charge in [-0.1, -0.05) is 6.07 Å². The Kier molecular flexibility index (Phi) is 6.49. The van der Waals surface area contributed by atoms with Gasteiger partial charge in [-0.15, -0.1) is 0 Å². The van der Waals surface area contributed by atoms with E-state index in [1.165, 1.54) is 12.1 Å². The minimum atomic E-state index is -0.717. The van der Waals surface area contributed by atoms with Gasteiger partial charge < -0.3 is 14.6 Å². The van der Waals surface area contributed by atoms with Gasteiger partial charge >= 0.3 is 0 Å². The monoisotopic (exact) mass is 447 g/mol. The second kappa shape index (κ2) is 9.65. The van der Waals surface area contributed by atoms with Crippen molar-refractivity contribution >= 4 is 5.91 Å². The van der Waals surface area contributed by atoms with Crippen LogP contribution in [0.2, 0.25) is 0 Å². The third-order valence-corrected chi connectivity index (χ3v) is 5.42. The van der Waals surface area contributed by atoms with Crippen molar-refractivity contribution in [2.75, 3.05) is 13.7 Å². The zero-order chi connectivity index (χ0) is 23.4. The molecule has 0 unspecified atom stereocenters. The first-order chi connectivity index (χ1) is 16.0. The van der Waals surface area contributed by atoms with Crippen LogP contribution < -0.4 is 10.1 Å². The van der Waals surface area contributed by atoms with Crippen LogP contribution in [0.15, 0.2) is 72.9 Å². The molecule has 4 aromatic rings. The van der Waals surface area contributed by atoms with E-state index in [0.29, 0.717) is 35.7 Å². The van der Waals surface area contributed by atoms with Crippen molar-refractivity contribution in [2.24, 2.45) is 0 Å². The van der Waals surface area contributed by atoms with Crippen molar-refractivity contribution in [1.29, 1.82) is 0 Å². The van der Waals surface area contributed by atoms with Crippen LogP contribution in [0.5, 0.6) is 5.75 Å². The molecule has 0 aliphatic heterocycles. The Morgan fingerprint density at radius 3 is 2.52 bits per heavy atom. The van der Waals surface area contributed by atoms with E-state index in [1.54, 1.807) is 43.0 Å². The predicted octanol–water partition coefficient (Wildman–Crippen LogP) is 5.11. The first-order valence-electron chi connectivity index (χ1n) is 10.5. The Morgan fingerprint density at radius 2 is 1.85 bits per heavy atom. The molecule has 0 spiro atoms. The van der Waals surface area contributed by atoms with E-state index >= 15 is 0 Å². The summed E-state index contributed by atoms with van der Waals surface area (Å²) in [6.45, 7) is 2.15. The summed E-state index contributed by atoms with van der Waals surface area (Å²) in [5.41, 5.74) is 3.35. The number of carbonyl (C=O) groups excluding carboxylic acids is 1. The molecule has 0 fully saturated rings. The average molecular weight is 447 g/mol. The van der Waals surface area contributed by atoms with Crippen molar-refractivity contribution in [3.63, 3.8) is 0 Å². The van der Waals surface area contributed by atoms with E-state index < -0.39 is 11.6 Å². The van der Waals surface area contributed by atoms with E-state index in [-0.39, 0.29) is 11.6 Å². The maximum Gasteiger partial charge on any atom is 0.253 e. The molecular weight excluding hydrogens is 424 g/mol. The highest BCUT2D eigenvalue weighted by Gasteiger charge is 2.21. The van der Waals surface area contributed by atoms with Crippen molar-refractivity contribution < 1.29 is 18.3 Å². The Hall–Kier alpha value is -4.00. The number of nitrogens with one attached hydrogen (secondary N) is 1. The quantitative estimate of drug-likeness (QED) is 0.429. The number of rotatable bonds is 7. The zero-order valence-corrected chi connectivity index (χ0v) is 18.3. The number of nitrogens with zero attached hydrogens (tertiary/aromatic N) is 2. The van der Waals surface area contributed by atoms with Gasteiger partial charge in [0.25, 0.3) is 5.91 Å². The molecule has 168 valence electrons. The van der Waals surface area contributed by atoms with Crippen molar-refractivity contribution in [1.82, 2.24) is 14.9 Å². The number of benzene rings is 2. The zero-order valence-electron chi connectivity index (χ0n) is 18.3. The summed E-state index contributed by atoms with van der Waals surface area (Å²) in [6, 6.07) is 18.0. The van der Waals surface area contributed by atoms with Gasteiger partial charge in [0.2, 0.25) is 0 Å². The first kappa shape index (κ1) is 22.2. The van der Waals surface area contributed by atoms with E-state index in [4.69, 9.17) is 4.74 Å². The van der Waals surface area contributed by atoms with Gasteiger partial charge in [-0.05, 0) is 67.1 Å². The molecule has 0 saturated carbocycles. The number of amides is 1. The van der Waals surface area contributed by atoms with Crippen LogP contribution in [0.25, 0.3) is 16.9 Å². The molecular formula is C26H23F2N3O2. The molecule has 2 heterocycles. The molecule has 4 rings (SSSR count). The molecule has 2 aromatic heterocycles. The number of ether oxygens (including phenoxy) is 1. The summed E-state index contributed by atoms with van der Waals surface area (Å²) in [4.78, 5) is 17.3. The van der Waals surface area contributed by atoms with Gasteiger partial charge in [-0.25, -0.2) is 8.78 Å². The molecule has 5 nitrogen and oxygen atoms in total. The van der Waals surface area contributed by atoms with Gasteiger partial charge in [0.05, 0.1) is 24.1 Å².